The van der Waals surface area contributed by atoms with Crippen LogP contribution in [0.25, 0.3) is 0 Å². The minimum absolute atomic E-state index is 0.0741. The number of anilines is 1. The van der Waals surface area contributed by atoms with E-state index >= 15 is 0 Å². The highest BCUT2D eigenvalue weighted by Gasteiger charge is 2.27. The molecule has 1 aromatic rings. The molecule has 0 aliphatic carbocycles. The molecule has 0 saturated heterocycles. The minimum Gasteiger partial charge on any atom is -0.370 e. The summed E-state index contributed by atoms with van der Waals surface area (Å²) in [5.74, 6) is -1.12. The van der Waals surface area contributed by atoms with Crippen molar-refractivity contribution in [3.8, 4) is 0 Å². The zero-order valence-corrected chi connectivity index (χ0v) is 13.5. The van der Waals surface area contributed by atoms with Gasteiger partial charge in [-0.2, -0.15) is 0 Å². The van der Waals surface area contributed by atoms with E-state index in [0.717, 1.165) is 6.42 Å². The van der Waals surface area contributed by atoms with E-state index < -0.39 is 11.4 Å². The fraction of sp³-hybridized carbons (Fsp3) is 0.438. The molecule has 1 unspecified atom stereocenters. The molecule has 0 aromatic heterocycles. The zero-order chi connectivity index (χ0) is 17.5. The van der Waals surface area contributed by atoms with Crippen LogP contribution in [0.4, 0.5) is 5.69 Å². The summed E-state index contributed by atoms with van der Waals surface area (Å²) in [6.45, 7) is 3.80. The summed E-state index contributed by atoms with van der Waals surface area (Å²) in [5.41, 5.74) is 10.9. The predicted molar refractivity (Wildman–Crippen MR) is 88.7 cm³/mol. The molecule has 23 heavy (non-hydrogen) atoms. The van der Waals surface area contributed by atoms with Gasteiger partial charge in [0.15, 0.2) is 0 Å². The van der Waals surface area contributed by atoms with Gasteiger partial charge in [-0.05, 0) is 31.5 Å². The third-order valence-corrected chi connectivity index (χ3v) is 3.33. The lowest BCUT2D eigenvalue weighted by atomic mass is 9.96. The SMILES string of the molecule is CCCC(C)(N)C(=O)Nc1cccc(C(=O)NCCC(N)=O)c1. The van der Waals surface area contributed by atoms with Crippen LogP contribution in [0, 0.1) is 0 Å². The molecule has 0 fully saturated rings. The van der Waals surface area contributed by atoms with Crippen LogP contribution >= 0.6 is 0 Å². The van der Waals surface area contributed by atoms with Gasteiger partial charge in [-0.3, -0.25) is 14.4 Å². The van der Waals surface area contributed by atoms with E-state index in [1.54, 1.807) is 31.2 Å². The molecule has 7 nitrogen and oxygen atoms in total. The molecule has 1 atom stereocenters. The van der Waals surface area contributed by atoms with Crippen LogP contribution < -0.4 is 22.1 Å². The summed E-state index contributed by atoms with van der Waals surface area (Å²) in [6.07, 6.45) is 1.43. The van der Waals surface area contributed by atoms with Crippen molar-refractivity contribution < 1.29 is 14.4 Å². The van der Waals surface area contributed by atoms with Crippen molar-refractivity contribution in [2.24, 2.45) is 11.5 Å². The molecular formula is C16H24N4O3. The molecule has 0 saturated carbocycles. The van der Waals surface area contributed by atoms with Crippen LogP contribution in [0.2, 0.25) is 0 Å². The lowest BCUT2D eigenvalue weighted by Crippen LogP contribution is -2.48. The molecule has 1 aromatic carbocycles. The van der Waals surface area contributed by atoms with Gasteiger partial charge in [0.2, 0.25) is 11.8 Å². The number of hydrogen-bond donors (Lipinski definition) is 4. The van der Waals surface area contributed by atoms with E-state index in [2.05, 4.69) is 10.6 Å². The molecule has 0 heterocycles. The number of rotatable bonds is 8. The standard InChI is InChI=1S/C16H24N4O3/c1-3-8-16(2,18)15(23)20-12-6-4-5-11(10-12)14(22)19-9-7-13(17)21/h4-6,10H,3,7-9,18H2,1-2H3,(H2,17,21)(H,19,22)(H,20,23). The Balaban J connectivity index is 2.71. The largest absolute Gasteiger partial charge is 0.370 e. The first-order chi connectivity index (χ1) is 10.8. The number of nitrogens with two attached hydrogens (primary N) is 2. The maximum Gasteiger partial charge on any atom is 0.251 e. The van der Waals surface area contributed by atoms with Gasteiger partial charge in [-0.25, -0.2) is 0 Å². The number of benzene rings is 1. The summed E-state index contributed by atoms with van der Waals surface area (Å²) in [7, 11) is 0. The van der Waals surface area contributed by atoms with Gasteiger partial charge in [-0.1, -0.05) is 19.4 Å². The third kappa shape index (κ3) is 6.07. The average molecular weight is 320 g/mol. The fourth-order valence-electron chi connectivity index (χ4n) is 2.05. The first-order valence-corrected chi connectivity index (χ1v) is 7.53. The van der Waals surface area contributed by atoms with Gasteiger partial charge in [0.05, 0.1) is 5.54 Å². The maximum absolute atomic E-state index is 12.2. The Morgan fingerprint density at radius 2 is 1.96 bits per heavy atom. The van der Waals surface area contributed by atoms with Gasteiger partial charge in [0.1, 0.15) is 0 Å². The van der Waals surface area contributed by atoms with Crippen LogP contribution in [0.5, 0.6) is 0 Å². The van der Waals surface area contributed by atoms with E-state index in [4.69, 9.17) is 11.5 Å². The molecule has 0 spiro atoms. The average Bonchev–Trinajstić information content (AvgIpc) is 2.47. The van der Waals surface area contributed by atoms with Crippen molar-refractivity contribution in [3.63, 3.8) is 0 Å². The van der Waals surface area contributed by atoms with Crippen LogP contribution in [-0.2, 0) is 9.59 Å². The summed E-state index contributed by atoms with van der Waals surface area (Å²) in [4.78, 5) is 34.8. The van der Waals surface area contributed by atoms with Crippen LogP contribution in [0.3, 0.4) is 0 Å². The van der Waals surface area contributed by atoms with E-state index in [9.17, 15) is 14.4 Å². The van der Waals surface area contributed by atoms with Crippen molar-refractivity contribution in [2.75, 3.05) is 11.9 Å². The van der Waals surface area contributed by atoms with Crippen LogP contribution in [0.15, 0.2) is 24.3 Å². The number of amides is 3. The van der Waals surface area contributed by atoms with E-state index in [1.807, 2.05) is 6.92 Å². The minimum atomic E-state index is -0.964. The quantitative estimate of drug-likeness (QED) is 0.563. The fourth-order valence-corrected chi connectivity index (χ4v) is 2.05. The second kappa shape index (κ2) is 8.28. The molecule has 0 aliphatic heterocycles. The molecule has 1 rings (SSSR count). The first-order valence-electron chi connectivity index (χ1n) is 7.53. The highest BCUT2D eigenvalue weighted by atomic mass is 16.2. The second-order valence-electron chi connectivity index (χ2n) is 5.67. The van der Waals surface area contributed by atoms with Crippen molar-refractivity contribution in [1.82, 2.24) is 5.32 Å². The Morgan fingerprint density at radius 1 is 1.26 bits per heavy atom. The van der Waals surface area contributed by atoms with E-state index in [-0.39, 0.29) is 24.8 Å². The lowest BCUT2D eigenvalue weighted by molar-refractivity contribution is -0.121. The summed E-state index contributed by atoms with van der Waals surface area (Å²) >= 11 is 0. The second-order valence-corrected chi connectivity index (χ2v) is 5.67. The van der Waals surface area contributed by atoms with Crippen molar-refractivity contribution in [3.05, 3.63) is 29.8 Å². The molecule has 6 N–H and O–H groups in total. The number of primary amides is 1. The molecule has 7 heteroatoms. The predicted octanol–water partition coefficient (Wildman–Crippen LogP) is 0.748. The normalized spacial score (nSPS) is 13.0. The Kier molecular flexibility index (Phi) is 6.71. The van der Waals surface area contributed by atoms with Gasteiger partial charge in [0.25, 0.3) is 5.91 Å². The van der Waals surface area contributed by atoms with Crippen LogP contribution in [-0.4, -0.2) is 29.8 Å². The Labute approximate surface area is 135 Å². The molecule has 0 radical (unpaired) electrons. The topological polar surface area (TPSA) is 127 Å². The Hall–Kier alpha value is -2.41. The number of hydrogen-bond acceptors (Lipinski definition) is 4. The summed E-state index contributed by atoms with van der Waals surface area (Å²) < 4.78 is 0. The molecule has 3 amide bonds. The first kappa shape index (κ1) is 18.6. The number of nitrogens with one attached hydrogen (secondary N) is 2. The van der Waals surface area contributed by atoms with Gasteiger partial charge in [0, 0.05) is 24.2 Å². The number of carbonyl (C=O) groups excluding carboxylic acids is 3. The van der Waals surface area contributed by atoms with Gasteiger partial charge in [-0.15, -0.1) is 0 Å². The maximum atomic E-state index is 12.2. The summed E-state index contributed by atoms with van der Waals surface area (Å²) in [6, 6.07) is 6.51. The molecule has 0 aliphatic rings. The zero-order valence-electron chi connectivity index (χ0n) is 13.5. The van der Waals surface area contributed by atoms with Crippen LogP contribution in [0.1, 0.15) is 43.5 Å². The monoisotopic (exact) mass is 320 g/mol. The Bertz CT molecular complexity index is 584. The van der Waals surface area contributed by atoms with E-state index in [1.165, 1.54) is 0 Å². The van der Waals surface area contributed by atoms with Crippen molar-refractivity contribution in [2.45, 2.75) is 38.6 Å². The van der Waals surface area contributed by atoms with Gasteiger partial charge >= 0.3 is 0 Å². The summed E-state index contributed by atoms with van der Waals surface area (Å²) in [5, 5.41) is 5.30. The molecular weight excluding hydrogens is 296 g/mol. The number of carbonyl (C=O) groups is 3. The molecule has 126 valence electrons. The van der Waals surface area contributed by atoms with E-state index in [0.29, 0.717) is 17.7 Å². The highest BCUT2D eigenvalue weighted by molar-refractivity contribution is 6.00. The smallest absolute Gasteiger partial charge is 0.251 e. The third-order valence-electron chi connectivity index (χ3n) is 3.33. The van der Waals surface area contributed by atoms with Gasteiger partial charge < -0.3 is 22.1 Å². The Morgan fingerprint density at radius 3 is 2.57 bits per heavy atom. The molecule has 0 bridgehead atoms. The highest BCUT2D eigenvalue weighted by Crippen LogP contribution is 2.15. The van der Waals surface area contributed by atoms with Crippen molar-refractivity contribution >= 4 is 23.4 Å². The lowest BCUT2D eigenvalue weighted by Gasteiger charge is -2.23. The van der Waals surface area contributed by atoms with Crippen molar-refractivity contribution in [1.29, 1.82) is 0 Å².